The summed E-state index contributed by atoms with van der Waals surface area (Å²) in [6, 6.07) is 6.61. The number of aryl methyl sites for hydroxylation is 1. The second-order valence-electron chi connectivity index (χ2n) is 10.8. The van der Waals surface area contributed by atoms with Gasteiger partial charge in [-0.25, -0.2) is 4.98 Å². The van der Waals surface area contributed by atoms with E-state index in [1.54, 1.807) is 11.3 Å². The predicted octanol–water partition coefficient (Wildman–Crippen LogP) is 3.02. The molecule has 1 aliphatic heterocycles. The number of benzene rings is 1. The first-order valence-electron chi connectivity index (χ1n) is 12.4. The number of carbonyl (C=O) groups excluding carboxylic acids is 3. The first-order valence-corrected chi connectivity index (χ1v) is 13.3. The number of ketones is 1. The topological polar surface area (TPSA) is 126 Å². The fraction of sp³-hybridized carbons (Fsp3) is 0.556. The smallest absolute Gasteiger partial charge is 0.246 e. The van der Waals surface area contributed by atoms with Crippen LogP contribution in [0.5, 0.6) is 0 Å². The zero-order chi connectivity index (χ0) is 26.6. The molecule has 0 spiro atoms. The van der Waals surface area contributed by atoms with E-state index in [0.717, 1.165) is 21.7 Å². The average Bonchev–Trinajstić information content (AvgIpc) is 3.42. The van der Waals surface area contributed by atoms with Gasteiger partial charge in [0, 0.05) is 32.4 Å². The second kappa shape index (κ2) is 11.6. The number of nitrogens with one attached hydrogen (secondary N) is 1. The number of carbonyl (C=O) groups is 3. The van der Waals surface area contributed by atoms with Gasteiger partial charge in [-0.2, -0.15) is 0 Å². The predicted molar refractivity (Wildman–Crippen MR) is 142 cm³/mol. The first-order chi connectivity index (χ1) is 16.9. The normalized spacial score (nSPS) is 19.7. The number of β-amino-alcohol motifs (C(OH)–C–C–N with tert-alkyl or cyclic N) is 1. The molecule has 2 aromatic rings. The fourth-order valence-electron chi connectivity index (χ4n) is 4.64. The molecule has 9 heteroatoms. The number of Topliss-reactive ketones (excluding diaryl/α,β-unsaturated/α-hetero) is 1. The van der Waals surface area contributed by atoms with Crippen molar-refractivity contribution in [3.63, 3.8) is 0 Å². The Morgan fingerprint density at radius 2 is 1.92 bits per heavy atom. The average molecular weight is 515 g/mol. The van der Waals surface area contributed by atoms with E-state index in [1.165, 1.54) is 4.90 Å². The maximum absolute atomic E-state index is 13.5. The summed E-state index contributed by atoms with van der Waals surface area (Å²) in [4.78, 5) is 46.0. The molecular formula is C27H38N4O4S. The number of nitrogens with two attached hydrogens (primary N) is 1. The number of amides is 2. The van der Waals surface area contributed by atoms with Gasteiger partial charge in [0.05, 0.1) is 28.2 Å². The van der Waals surface area contributed by atoms with Gasteiger partial charge in [0.1, 0.15) is 6.04 Å². The number of hydrogen-bond donors (Lipinski definition) is 3. The lowest BCUT2D eigenvalue weighted by atomic mass is 9.85. The minimum atomic E-state index is -0.822. The maximum Gasteiger partial charge on any atom is 0.246 e. The van der Waals surface area contributed by atoms with Gasteiger partial charge in [-0.3, -0.25) is 14.4 Å². The van der Waals surface area contributed by atoms with Crippen molar-refractivity contribution in [1.82, 2.24) is 15.2 Å². The largest absolute Gasteiger partial charge is 0.391 e. The van der Waals surface area contributed by atoms with Gasteiger partial charge in [-0.1, -0.05) is 52.0 Å². The van der Waals surface area contributed by atoms with Gasteiger partial charge in [-0.15, -0.1) is 11.3 Å². The van der Waals surface area contributed by atoms with E-state index >= 15 is 0 Å². The zero-order valence-electron chi connectivity index (χ0n) is 21.8. The summed E-state index contributed by atoms with van der Waals surface area (Å²) < 4.78 is 0. The number of nitrogens with zero attached hydrogens (tertiary/aromatic N) is 2. The Morgan fingerprint density at radius 1 is 1.25 bits per heavy atom. The van der Waals surface area contributed by atoms with Crippen LogP contribution in [-0.4, -0.2) is 63.9 Å². The van der Waals surface area contributed by atoms with Crippen LogP contribution in [0, 0.1) is 12.3 Å². The van der Waals surface area contributed by atoms with Crippen molar-refractivity contribution < 1.29 is 19.5 Å². The molecule has 0 unspecified atom stereocenters. The fourth-order valence-corrected chi connectivity index (χ4v) is 5.45. The van der Waals surface area contributed by atoms with Crippen molar-refractivity contribution in [3.05, 3.63) is 41.0 Å². The molecule has 8 nitrogen and oxygen atoms in total. The number of likely N-dealkylation sites (tertiary alicyclic amines) is 1. The first kappa shape index (κ1) is 28.0. The van der Waals surface area contributed by atoms with Gasteiger partial charge >= 0.3 is 0 Å². The molecule has 196 valence electrons. The molecule has 0 saturated carbocycles. The van der Waals surface area contributed by atoms with E-state index in [2.05, 4.69) is 10.3 Å². The van der Waals surface area contributed by atoms with Crippen LogP contribution in [-0.2, 0) is 14.4 Å². The van der Waals surface area contributed by atoms with E-state index in [0.29, 0.717) is 0 Å². The van der Waals surface area contributed by atoms with Crippen LogP contribution in [0.15, 0.2) is 29.8 Å². The van der Waals surface area contributed by atoms with Crippen LogP contribution >= 0.6 is 11.3 Å². The van der Waals surface area contributed by atoms with Gasteiger partial charge in [0.25, 0.3) is 0 Å². The highest BCUT2D eigenvalue weighted by Gasteiger charge is 2.44. The molecule has 1 aromatic heterocycles. The van der Waals surface area contributed by atoms with Crippen LogP contribution in [0.2, 0.25) is 0 Å². The second-order valence-corrected chi connectivity index (χ2v) is 11.6. The highest BCUT2D eigenvalue weighted by atomic mass is 32.1. The molecule has 2 amide bonds. The minimum Gasteiger partial charge on any atom is -0.391 e. The zero-order valence-corrected chi connectivity index (χ0v) is 22.6. The van der Waals surface area contributed by atoms with Crippen molar-refractivity contribution in [3.8, 4) is 10.4 Å². The molecule has 1 fully saturated rings. The third-order valence-corrected chi connectivity index (χ3v) is 7.70. The van der Waals surface area contributed by atoms with Gasteiger partial charge in [0.2, 0.25) is 11.8 Å². The molecule has 3 rings (SSSR count). The Hall–Kier alpha value is -2.62. The Balaban J connectivity index is 1.72. The number of rotatable bonds is 9. The summed E-state index contributed by atoms with van der Waals surface area (Å²) >= 11 is 1.60. The molecule has 4 atom stereocenters. The molecule has 2 heterocycles. The summed E-state index contributed by atoms with van der Waals surface area (Å²) in [7, 11) is 0. The van der Waals surface area contributed by atoms with E-state index in [4.69, 9.17) is 5.73 Å². The van der Waals surface area contributed by atoms with E-state index in [9.17, 15) is 19.5 Å². The molecular weight excluding hydrogens is 476 g/mol. The van der Waals surface area contributed by atoms with Crippen LogP contribution in [0.1, 0.15) is 64.1 Å². The number of aromatic nitrogens is 1. The van der Waals surface area contributed by atoms with Crippen LogP contribution in [0.4, 0.5) is 0 Å². The molecule has 36 heavy (non-hydrogen) atoms. The van der Waals surface area contributed by atoms with E-state index < -0.39 is 23.6 Å². The third kappa shape index (κ3) is 6.57. The molecule has 1 aromatic carbocycles. The number of aliphatic hydroxyl groups excluding tert-OH is 1. The molecule has 0 aliphatic carbocycles. The maximum atomic E-state index is 13.5. The van der Waals surface area contributed by atoms with Gasteiger partial charge < -0.3 is 21.1 Å². The number of hydrogen-bond acceptors (Lipinski definition) is 7. The minimum absolute atomic E-state index is 0.0496. The summed E-state index contributed by atoms with van der Waals surface area (Å²) in [5, 5.41) is 13.1. The highest BCUT2D eigenvalue weighted by molar-refractivity contribution is 7.13. The summed E-state index contributed by atoms with van der Waals surface area (Å²) in [6.45, 7) is 9.82. The third-order valence-electron chi connectivity index (χ3n) is 6.72. The summed E-state index contributed by atoms with van der Waals surface area (Å²) in [5.41, 5.74) is 9.87. The van der Waals surface area contributed by atoms with Crippen molar-refractivity contribution in [2.45, 2.75) is 78.0 Å². The van der Waals surface area contributed by atoms with Crippen molar-refractivity contribution in [2.75, 3.05) is 13.1 Å². The Bertz CT molecular complexity index is 1080. The molecule has 4 N–H and O–H groups in total. The lowest BCUT2D eigenvalue weighted by Crippen LogP contribution is -2.57. The SMILES string of the molecule is Cc1ncsc1-c1ccc([C@H](C)CC(=O)[C@@H]2C[C@@H](O)CN2C(=O)[C@@H](NC(=O)CCN)C(C)(C)C)cc1. The quantitative estimate of drug-likeness (QED) is 0.472. The Morgan fingerprint density at radius 3 is 2.47 bits per heavy atom. The highest BCUT2D eigenvalue weighted by Crippen LogP contribution is 2.31. The lowest BCUT2D eigenvalue weighted by Gasteiger charge is -2.35. The van der Waals surface area contributed by atoms with Gasteiger partial charge in [-0.05, 0) is 29.4 Å². The van der Waals surface area contributed by atoms with Crippen molar-refractivity contribution in [2.24, 2.45) is 11.1 Å². The summed E-state index contributed by atoms with van der Waals surface area (Å²) in [5.74, 6) is -0.791. The number of aliphatic hydroxyl groups is 1. The Kier molecular flexibility index (Phi) is 9.03. The molecule has 0 bridgehead atoms. The van der Waals surface area contributed by atoms with Crippen molar-refractivity contribution >= 4 is 28.9 Å². The summed E-state index contributed by atoms with van der Waals surface area (Å²) in [6.07, 6.45) is -0.210. The lowest BCUT2D eigenvalue weighted by molar-refractivity contribution is -0.143. The van der Waals surface area contributed by atoms with Gasteiger partial charge in [0.15, 0.2) is 5.78 Å². The standard InChI is InChI=1S/C27H38N4O4S/c1-16(18-6-8-19(9-7-18)24-17(2)29-15-36-24)12-22(33)21-13-20(32)14-31(21)26(35)25(27(3,4)5)30-23(34)10-11-28/h6-9,15-16,20-21,25,32H,10-14,28H2,1-5H3,(H,30,34)/t16-,20-,21+,25-/m1/s1. The molecule has 0 radical (unpaired) electrons. The van der Waals surface area contributed by atoms with Crippen LogP contribution in [0.3, 0.4) is 0 Å². The van der Waals surface area contributed by atoms with E-state index in [-0.39, 0.29) is 55.9 Å². The van der Waals surface area contributed by atoms with E-state index in [1.807, 2.05) is 64.4 Å². The van der Waals surface area contributed by atoms with Crippen molar-refractivity contribution in [1.29, 1.82) is 0 Å². The monoisotopic (exact) mass is 514 g/mol. The van der Waals surface area contributed by atoms with Crippen LogP contribution in [0.25, 0.3) is 10.4 Å². The van der Waals surface area contributed by atoms with Crippen LogP contribution < -0.4 is 11.1 Å². The Labute approximate surface area is 217 Å². The molecule has 1 saturated heterocycles. The molecule has 1 aliphatic rings. The number of thiazole rings is 1.